The number of amides is 1. The van der Waals surface area contributed by atoms with Gasteiger partial charge in [-0.15, -0.1) is 0 Å². The normalized spacial score (nSPS) is 10.5. The van der Waals surface area contributed by atoms with E-state index in [9.17, 15) is 14.0 Å². The number of aromatic amines is 1. The first-order valence-electron chi connectivity index (χ1n) is 7.13. The van der Waals surface area contributed by atoms with Gasteiger partial charge in [0.2, 0.25) is 0 Å². The number of halogens is 1. The highest BCUT2D eigenvalue weighted by atomic mass is 19.1. The third-order valence-electron chi connectivity index (χ3n) is 3.60. The number of carbonyl (C=O) groups is 2. The summed E-state index contributed by atoms with van der Waals surface area (Å²) < 4.78 is 13.1. The molecule has 5 heteroatoms. The first-order valence-corrected chi connectivity index (χ1v) is 7.13. The predicted molar refractivity (Wildman–Crippen MR) is 82.7 cm³/mol. The largest absolute Gasteiger partial charge is 0.354 e. The van der Waals surface area contributed by atoms with Crippen molar-refractivity contribution in [3.05, 3.63) is 58.2 Å². The maximum absolute atomic E-state index is 13.1. The van der Waals surface area contributed by atoms with Gasteiger partial charge in [0.15, 0.2) is 5.78 Å². The number of nitrogens with one attached hydrogen (secondary N) is 2. The number of H-pyrrole nitrogens is 1. The van der Waals surface area contributed by atoms with Crippen LogP contribution in [-0.4, -0.2) is 23.2 Å². The van der Waals surface area contributed by atoms with Crippen LogP contribution < -0.4 is 5.32 Å². The molecule has 4 nitrogen and oxygen atoms in total. The predicted octanol–water partition coefficient (Wildman–Crippen LogP) is 2.95. The van der Waals surface area contributed by atoms with Gasteiger partial charge < -0.3 is 10.3 Å². The topological polar surface area (TPSA) is 62.0 Å². The molecule has 2 N–H and O–H groups in total. The molecule has 1 aromatic carbocycles. The van der Waals surface area contributed by atoms with E-state index in [1.165, 1.54) is 19.1 Å². The Labute approximate surface area is 128 Å². The lowest BCUT2D eigenvalue weighted by molar-refractivity contribution is 0.0949. The SMILES string of the molecule is CC(=O)c1c(C)[nH]c(C(=O)NCCc2cccc(F)c2)c1C. The van der Waals surface area contributed by atoms with Crippen molar-refractivity contribution in [3.63, 3.8) is 0 Å². The van der Waals surface area contributed by atoms with E-state index in [1.54, 1.807) is 19.9 Å². The Morgan fingerprint density at radius 2 is 2.00 bits per heavy atom. The second kappa shape index (κ2) is 6.56. The fourth-order valence-electron chi connectivity index (χ4n) is 2.61. The highest BCUT2D eigenvalue weighted by Crippen LogP contribution is 2.18. The lowest BCUT2D eigenvalue weighted by Gasteiger charge is -2.05. The molecule has 1 amide bonds. The fourth-order valence-corrected chi connectivity index (χ4v) is 2.61. The first-order chi connectivity index (χ1) is 10.4. The van der Waals surface area contributed by atoms with E-state index in [0.717, 1.165) is 5.56 Å². The molecule has 0 radical (unpaired) electrons. The van der Waals surface area contributed by atoms with Crippen molar-refractivity contribution < 1.29 is 14.0 Å². The molecule has 0 aliphatic rings. The van der Waals surface area contributed by atoms with Gasteiger partial charge in [-0.2, -0.15) is 0 Å². The van der Waals surface area contributed by atoms with Crippen LogP contribution in [0.25, 0.3) is 0 Å². The minimum atomic E-state index is -0.286. The third kappa shape index (κ3) is 3.42. The highest BCUT2D eigenvalue weighted by molar-refractivity contribution is 6.02. The molecular formula is C17H19FN2O2. The number of aryl methyl sites for hydroxylation is 1. The average Bonchev–Trinajstić information content (AvgIpc) is 2.74. The second-order valence-corrected chi connectivity index (χ2v) is 5.32. The van der Waals surface area contributed by atoms with Crippen LogP contribution in [0.1, 0.15) is 44.6 Å². The quantitative estimate of drug-likeness (QED) is 0.834. The average molecular weight is 302 g/mol. The Morgan fingerprint density at radius 1 is 1.27 bits per heavy atom. The van der Waals surface area contributed by atoms with Gasteiger partial charge >= 0.3 is 0 Å². The maximum Gasteiger partial charge on any atom is 0.268 e. The van der Waals surface area contributed by atoms with Crippen molar-refractivity contribution in [3.8, 4) is 0 Å². The van der Waals surface area contributed by atoms with Crippen molar-refractivity contribution in [1.29, 1.82) is 0 Å². The summed E-state index contributed by atoms with van der Waals surface area (Å²) in [6.07, 6.45) is 0.543. The summed E-state index contributed by atoms with van der Waals surface area (Å²) in [6.45, 7) is 5.40. The van der Waals surface area contributed by atoms with Crippen molar-refractivity contribution in [2.24, 2.45) is 0 Å². The van der Waals surface area contributed by atoms with Crippen LogP contribution in [0, 0.1) is 19.7 Å². The van der Waals surface area contributed by atoms with Crippen molar-refractivity contribution in [2.45, 2.75) is 27.2 Å². The molecule has 0 bridgehead atoms. The van der Waals surface area contributed by atoms with Gasteiger partial charge in [0.1, 0.15) is 11.5 Å². The Morgan fingerprint density at radius 3 is 2.59 bits per heavy atom. The number of Topliss-reactive ketones (excluding diaryl/α,β-unsaturated/α-hetero) is 1. The first kappa shape index (κ1) is 15.9. The summed E-state index contributed by atoms with van der Waals surface area (Å²) >= 11 is 0. The van der Waals surface area contributed by atoms with Gasteiger partial charge in [-0.25, -0.2) is 4.39 Å². The van der Waals surface area contributed by atoms with E-state index in [1.807, 2.05) is 6.07 Å². The molecule has 0 atom stereocenters. The zero-order valence-electron chi connectivity index (χ0n) is 12.9. The van der Waals surface area contributed by atoms with Gasteiger partial charge in [0.25, 0.3) is 5.91 Å². The van der Waals surface area contributed by atoms with Crippen LogP contribution in [0.2, 0.25) is 0 Å². The Bertz CT molecular complexity index is 719. The molecule has 116 valence electrons. The second-order valence-electron chi connectivity index (χ2n) is 5.32. The van der Waals surface area contributed by atoms with E-state index in [4.69, 9.17) is 0 Å². The molecule has 2 aromatic rings. The van der Waals surface area contributed by atoms with Crippen molar-refractivity contribution >= 4 is 11.7 Å². The molecule has 0 saturated carbocycles. The summed E-state index contributed by atoms with van der Waals surface area (Å²) in [5.74, 6) is -0.611. The van der Waals surface area contributed by atoms with Gasteiger partial charge in [-0.1, -0.05) is 12.1 Å². The van der Waals surface area contributed by atoms with Crippen molar-refractivity contribution in [2.75, 3.05) is 6.54 Å². The number of ketones is 1. The van der Waals surface area contributed by atoms with Gasteiger partial charge in [-0.05, 0) is 50.5 Å². The molecule has 0 spiro atoms. The van der Waals surface area contributed by atoms with Crippen LogP contribution in [0.15, 0.2) is 24.3 Å². The summed E-state index contributed by atoms with van der Waals surface area (Å²) in [5, 5.41) is 2.78. The van der Waals surface area contributed by atoms with Gasteiger partial charge in [-0.3, -0.25) is 9.59 Å². The summed E-state index contributed by atoms with van der Waals surface area (Å²) in [6, 6.07) is 6.29. The highest BCUT2D eigenvalue weighted by Gasteiger charge is 2.19. The zero-order valence-corrected chi connectivity index (χ0v) is 12.9. The fraction of sp³-hybridized carbons (Fsp3) is 0.294. The Kier molecular flexibility index (Phi) is 4.75. The number of hydrogen-bond acceptors (Lipinski definition) is 2. The van der Waals surface area contributed by atoms with Crippen LogP contribution >= 0.6 is 0 Å². The number of benzene rings is 1. The number of rotatable bonds is 5. The summed E-state index contributed by atoms with van der Waals surface area (Å²) in [4.78, 5) is 26.7. The smallest absolute Gasteiger partial charge is 0.268 e. The van der Waals surface area contributed by atoms with Crippen LogP contribution in [0.3, 0.4) is 0 Å². The number of carbonyl (C=O) groups excluding carboxylic acids is 2. The summed E-state index contributed by atoms with van der Waals surface area (Å²) in [7, 11) is 0. The molecule has 0 unspecified atom stereocenters. The third-order valence-corrected chi connectivity index (χ3v) is 3.60. The molecule has 0 saturated heterocycles. The zero-order chi connectivity index (χ0) is 16.3. The lowest BCUT2D eigenvalue weighted by Crippen LogP contribution is -2.26. The number of hydrogen-bond donors (Lipinski definition) is 2. The Hall–Kier alpha value is -2.43. The molecule has 1 aromatic heterocycles. The molecule has 2 rings (SSSR count). The molecule has 1 heterocycles. The lowest BCUT2D eigenvalue weighted by atomic mass is 10.1. The standard InChI is InChI=1S/C17H19FN2O2/c1-10-15(12(3)21)11(2)20-16(10)17(22)19-8-7-13-5-4-6-14(18)9-13/h4-6,9,20H,7-8H2,1-3H3,(H,19,22). The van der Waals surface area contributed by atoms with E-state index < -0.39 is 0 Å². The minimum Gasteiger partial charge on any atom is -0.354 e. The number of aromatic nitrogens is 1. The van der Waals surface area contributed by atoms with E-state index in [0.29, 0.717) is 35.5 Å². The Balaban J connectivity index is 2.01. The van der Waals surface area contributed by atoms with E-state index in [-0.39, 0.29) is 17.5 Å². The molecular weight excluding hydrogens is 283 g/mol. The molecule has 0 aliphatic carbocycles. The van der Waals surface area contributed by atoms with Crippen molar-refractivity contribution in [1.82, 2.24) is 10.3 Å². The van der Waals surface area contributed by atoms with E-state index >= 15 is 0 Å². The molecule has 0 fully saturated rings. The van der Waals surface area contributed by atoms with Crippen LogP contribution in [0.5, 0.6) is 0 Å². The maximum atomic E-state index is 13.1. The summed E-state index contributed by atoms with van der Waals surface area (Å²) in [5.41, 5.74) is 3.15. The van der Waals surface area contributed by atoms with Gasteiger partial charge in [0, 0.05) is 17.8 Å². The molecule has 0 aliphatic heterocycles. The van der Waals surface area contributed by atoms with Crippen LogP contribution in [-0.2, 0) is 6.42 Å². The van der Waals surface area contributed by atoms with E-state index in [2.05, 4.69) is 10.3 Å². The monoisotopic (exact) mass is 302 g/mol. The van der Waals surface area contributed by atoms with Gasteiger partial charge in [0.05, 0.1) is 0 Å². The molecule has 22 heavy (non-hydrogen) atoms. The minimum absolute atomic E-state index is 0.0648. The van der Waals surface area contributed by atoms with Crippen LogP contribution in [0.4, 0.5) is 4.39 Å².